The van der Waals surface area contributed by atoms with Gasteiger partial charge in [-0.15, -0.1) is 0 Å². The number of carbonyl (C=O) groups excluding carboxylic acids is 3. The number of carbonyl (C=O) groups is 3. The first-order chi connectivity index (χ1) is 18.1. The molecule has 0 aromatic heterocycles. The second kappa shape index (κ2) is 11.3. The van der Waals surface area contributed by atoms with Gasteiger partial charge in [0.05, 0.1) is 12.2 Å². The van der Waals surface area contributed by atoms with Gasteiger partial charge in [0, 0.05) is 31.0 Å². The van der Waals surface area contributed by atoms with Gasteiger partial charge in [-0.05, 0) is 49.6 Å². The highest BCUT2D eigenvalue weighted by molar-refractivity contribution is 5.97. The van der Waals surface area contributed by atoms with Gasteiger partial charge in [-0.2, -0.15) is 13.2 Å². The zero-order valence-corrected chi connectivity index (χ0v) is 21.3. The Labute approximate surface area is 219 Å². The van der Waals surface area contributed by atoms with Gasteiger partial charge >= 0.3 is 12.2 Å². The summed E-state index contributed by atoms with van der Waals surface area (Å²) >= 11 is 0. The van der Waals surface area contributed by atoms with Crippen molar-refractivity contribution in [2.24, 2.45) is 0 Å². The van der Waals surface area contributed by atoms with Crippen molar-refractivity contribution in [3.05, 3.63) is 60.2 Å². The molecule has 0 unspecified atom stereocenters. The van der Waals surface area contributed by atoms with Gasteiger partial charge in [0.15, 0.2) is 0 Å². The summed E-state index contributed by atoms with van der Waals surface area (Å²) in [6, 6.07) is 13.4. The summed E-state index contributed by atoms with van der Waals surface area (Å²) in [5.41, 5.74) is -0.871. The number of likely N-dealkylation sites (tertiary alicyclic amines) is 1. The van der Waals surface area contributed by atoms with Gasteiger partial charge in [0.25, 0.3) is 5.91 Å². The molecule has 0 atom stereocenters. The third kappa shape index (κ3) is 5.87. The van der Waals surface area contributed by atoms with Gasteiger partial charge in [-0.3, -0.25) is 9.59 Å². The van der Waals surface area contributed by atoms with Crippen LogP contribution in [-0.4, -0.2) is 66.0 Å². The minimum Gasteiger partial charge on any atom is -0.355 e. The number of nitrogens with zero attached hydrogens (tertiary/aromatic N) is 3. The Bertz CT molecular complexity index is 1150. The average Bonchev–Trinajstić information content (AvgIpc) is 3.15. The SMILES string of the molecule is CCCCNC(=O)CN1CN(c2ccccc2)C2(CCN(C(=O)Nc3cccc(C(F)(F)F)c3)CC2)C1=O. The van der Waals surface area contributed by atoms with E-state index >= 15 is 0 Å². The van der Waals surface area contributed by atoms with E-state index in [1.54, 1.807) is 4.90 Å². The van der Waals surface area contributed by atoms with E-state index in [0.29, 0.717) is 19.4 Å². The van der Waals surface area contributed by atoms with E-state index in [1.165, 1.54) is 17.0 Å². The Balaban J connectivity index is 1.46. The largest absolute Gasteiger partial charge is 0.416 e. The van der Waals surface area contributed by atoms with E-state index in [9.17, 15) is 27.6 Å². The summed E-state index contributed by atoms with van der Waals surface area (Å²) in [6.07, 6.45) is -2.06. The molecule has 4 rings (SSSR count). The summed E-state index contributed by atoms with van der Waals surface area (Å²) in [4.78, 5) is 44.1. The molecule has 2 N–H and O–H groups in total. The molecule has 2 aromatic rings. The summed E-state index contributed by atoms with van der Waals surface area (Å²) in [5.74, 6) is -0.375. The van der Waals surface area contributed by atoms with Crippen LogP contribution in [0.25, 0.3) is 0 Å². The summed E-state index contributed by atoms with van der Waals surface area (Å²) in [5, 5.41) is 5.39. The van der Waals surface area contributed by atoms with Crippen LogP contribution in [0.4, 0.5) is 29.3 Å². The fourth-order valence-electron chi connectivity index (χ4n) is 5.01. The highest BCUT2D eigenvalue weighted by Crippen LogP contribution is 2.39. The monoisotopic (exact) mass is 531 g/mol. The minimum atomic E-state index is -4.51. The van der Waals surface area contributed by atoms with Crippen molar-refractivity contribution < 1.29 is 27.6 Å². The molecule has 4 amide bonds. The molecule has 0 saturated carbocycles. The highest BCUT2D eigenvalue weighted by atomic mass is 19.4. The van der Waals surface area contributed by atoms with Crippen LogP contribution in [0.3, 0.4) is 0 Å². The molecule has 0 radical (unpaired) electrons. The number of piperidine rings is 1. The van der Waals surface area contributed by atoms with E-state index in [2.05, 4.69) is 10.6 Å². The van der Waals surface area contributed by atoms with Crippen LogP contribution in [0, 0.1) is 0 Å². The molecular weight excluding hydrogens is 499 g/mol. The van der Waals surface area contributed by atoms with E-state index in [0.717, 1.165) is 30.7 Å². The number of anilines is 2. The first-order valence-electron chi connectivity index (χ1n) is 12.8. The summed E-state index contributed by atoms with van der Waals surface area (Å²) in [6.45, 7) is 3.26. The number of alkyl halides is 3. The maximum absolute atomic E-state index is 13.7. The fraction of sp³-hybridized carbons (Fsp3) is 0.444. The maximum atomic E-state index is 13.7. The molecule has 0 bridgehead atoms. The zero-order chi connectivity index (χ0) is 27.3. The number of benzene rings is 2. The molecule has 2 fully saturated rings. The second-order valence-electron chi connectivity index (χ2n) is 9.64. The molecule has 11 heteroatoms. The summed E-state index contributed by atoms with van der Waals surface area (Å²) < 4.78 is 39.1. The number of para-hydroxylation sites is 1. The molecule has 204 valence electrons. The van der Waals surface area contributed by atoms with Gasteiger partial charge in [-0.1, -0.05) is 37.6 Å². The fourth-order valence-corrected chi connectivity index (χ4v) is 5.01. The first-order valence-corrected chi connectivity index (χ1v) is 12.8. The quantitative estimate of drug-likeness (QED) is 0.522. The molecule has 2 aromatic carbocycles. The summed E-state index contributed by atoms with van der Waals surface area (Å²) in [7, 11) is 0. The third-order valence-corrected chi connectivity index (χ3v) is 7.09. The molecule has 2 aliphatic heterocycles. The van der Waals surface area contributed by atoms with E-state index < -0.39 is 23.3 Å². The Morgan fingerprint density at radius 1 is 1.03 bits per heavy atom. The van der Waals surface area contributed by atoms with Gasteiger partial charge < -0.3 is 25.3 Å². The Hall–Kier alpha value is -3.76. The maximum Gasteiger partial charge on any atom is 0.416 e. The predicted octanol–water partition coefficient (Wildman–Crippen LogP) is 4.29. The average molecular weight is 532 g/mol. The Kier molecular flexibility index (Phi) is 8.13. The normalized spacial score (nSPS) is 17.2. The molecule has 1 spiro atoms. The number of rotatable bonds is 7. The molecule has 8 nitrogen and oxygen atoms in total. The number of hydrogen-bond acceptors (Lipinski definition) is 4. The number of hydrogen-bond donors (Lipinski definition) is 2. The lowest BCUT2D eigenvalue weighted by atomic mass is 9.85. The van der Waals surface area contributed by atoms with Gasteiger partial charge in [0.1, 0.15) is 12.1 Å². The van der Waals surface area contributed by atoms with E-state index in [-0.39, 0.29) is 43.8 Å². The predicted molar refractivity (Wildman–Crippen MR) is 137 cm³/mol. The molecule has 0 aliphatic carbocycles. The number of nitrogens with one attached hydrogen (secondary N) is 2. The smallest absolute Gasteiger partial charge is 0.355 e. The Morgan fingerprint density at radius 3 is 2.39 bits per heavy atom. The lowest BCUT2D eigenvalue weighted by Crippen LogP contribution is -2.58. The van der Waals surface area contributed by atoms with Crippen molar-refractivity contribution in [2.75, 3.05) is 43.1 Å². The molecule has 2 aliphatic rings. The second-order valence-corrected chi connectivity index (χ2v) is 9.64. The third-order valence-electron chi connectivity index (χ3n) is 7.09. The zero-order valence-electron chi connectivity index (χ0n) is 21.3. The van der Waals surface area contributed by atoms with Crippen LogP contribution in [-0.2, 0) is 15.8 Å². The molecule has 38 heavy (non-hydrogen) atoms. The van der Waals surface area contributed by atoms with Crippen LogP contribution in [0.5, 0.6) is 0 Å². The highest BCUT2D eigenvalue weighted by Gasteiger charge is 2.54. The number of urea groups is 1. The van der Waals surface area contributed by atoms with Crippen molar-refractivity contribution in [2.45, 2.75) is 44.3 Å². The van der Waals surface area contributed by atoms with Crippen molar-refractivity contribution in [1.29, 1.82) is 0 Å². The number of unbranched alkanes of at least 4 members (excludes halogenated alkanes) is 1. The number of halogens is 3. The lowest BCUT2D eigenvalue weighted by molar-refractivity contribution is -0.137. The van der Waals surface area contributed by atoms with Crippen molar-refractivity contribution in [3.63, 3.8) is 0 Å². The van der Waals surface area contributed by atoms with Gasteiger partial charge in [-0.25, -0.2) is 4.79 Å². The molecular formula is C27H32F3N5O3. The first kappa shape index (κ1) is 27.3. The lowest BCUT2D eigenvalue weighted by Gasteiger charge is -2.43. The molecule has 2 heterocycles. The number of amides is 4. The van der Waals surface area contributed by atoms with Crippen LogP contribution in [0.15, 0.2) is 54.6 Å². The van der Waals surface area contributed by atoms with Crippen LogP contribution >= 0.6 is 0 Å². The Morgan fingerprint density at radius 2 is 1.74 bits per heavy atom. The standard InChI is InChI=1S/C27H32F3N5O3/c1-2-3-14-31-23(36)18-34-19-35(22-10-5-4-6-11-22)26(24(34)37)12-15-33(16-13-26)25(38)32-21-9-7-8-20(17-21)27(28,29)30/h4-11,17H,2-3,12-16,18-19H2,1H3,(H,31,36)(H,32,38). The van der Waals surface area contributed by atoms with Gasteiger partial charge in [0.2, 0.25) is 5.91 Å². The minimum absolute atomic E-state index is 0.0482. The topological polar surface area (TPSA) is 85.0 Å². The van der Waals surface area contributed by atoms with Crippen molar-refractivity contribution in [3.8, 4) is 0 Å². The van der Waals surface area contributed by atoms with Crippen molar-refractivity contribution >= 4 is 29.2 Å². The van der Waals surface area contributed by atoms with Crippen LogP contribution in [0.1, 0.15) is 38.2 Å². The van der Waals surface area contributed by atoms with Crippen LogP contribution < -0.4 is 15.5 Å². The van der Waals surface area contributed by atoms with E-state index in [4.69, 9.17) is 0 Å². The van der Waals surface area contributed by atoms with Crippen molar-refractivity contribution in [1.82, 2.24) is 15.1 Å². The van der Waals surface area contributed by atoms with Crippen LogP contribution in [0.2, 0.25) is 0 Å². The van der Waals surface area contributed by atoms with E-state index in [1.807, 2.05) is 42.2 Å². The molecule has 2 saturated heterocycles.